The Balaban J connectivity index is 2.34. The van der Waals surface area contributed by atoms with Gasteiger partial charge < -0.3 is 0 Å². The summed E-state index contributed by atoms with van der Waals surface area (Å²) >= 11 is 0. The van der Waals surface area contributed by atoms with Crippen LogP contribution in [0, 0.1) is 13.3 Å². The van der Waals surface area contributed by atoms with E-state index in [2.05, 4.69) is 20.3 Å². The maximum Gasteiger partial charge on any atom is -0.0176 e. The molecule has 0 aliphatic heterocycles. The molecule has 35 valence electrons. The van der Waals surface area contributed by atoms with E-state index in [9.17, 15) is 0 Å². The van der Waals surface area contributed by atoms with Crippen LogP contribution in [-0.2, 0) is 0 Å². The molecule has 0 N–H and O–H groups in total. The average molecular weight is 83.2 g/mol. The van der Waals surface area contributed by atoms with Gasteiger partial charge >= 0.3 is 0 Å². The van der Waals surface area contributed by atoms with Crippen LogP contribution in [0.3, 0.4) is 0 Å². The van der Waals surface area contributed by atoms with Crippen molar-refractivity contribution in [3.05, 3.63) is 13.3 Å². The topological polar surface area (TPSA) is 0 Å². The highest BCUT2D eigenvalue weighted by Crippen LogP contribution is 1.93. The molecule has 0 aliphatic carbocycles. The molecule has 0 aromatic heterocycles. The van der Waals surface area contributed by atoms with Crippen molar-refractivity contribution in [1.29, 1.82) is 0 Å². The van der Waals surface area contributed by atoms with Crippen molar-refractivity contribution >= 4 is 0 Å². The van der Waals surface area contributed by atoms with Crippen LogP contribution in [0.5, 0.6) is 0 Å². The standard InChI is InChI=1S/C6H11/c1-3-5-6-4-2/h1,3-5H2,2H3. The van der Waals surface area contributed by atoms with E-state index in [1.54, 1.807) is 0 Å². The predicted molar refractivity (Wildman–Crippen MR) is 28.1 cm³/mol. The van der Waals surface area contributed by atoms with E-state index in [0.29, 0.717) is 0 Å². The zero-order valence-electron chi connectivity index (χ0n) is 4.33. The lowest BCUT2D eigenvalue weighted by atomic mass is 10.2. The Hall–Kier alpha value is 0. The second kappa shape index (κ2) is 5.00. The molecule has 0 saturated carbocycles. The molecule has 0 amide bonds. The molecular formula is C6H11. The summed E-state index contributed by atoms with van der Waals surface area (Å²) in [6.07, 6.45) is 6.25. The molecule has 0 rings (SSSR count). The minimum absolute atomic E-state index is 0.994. The Morgan fingerprint density at radius 3 is 2.50 bits per heavy atom. The maximum absolute atomic E-state index is 3.66. The van der Waals surface area contributed by atoms with Gasteiger partial charge in [-0.05, 0) is 19.3 Å². The van der Waals surface area contributed by atoms with Crippen LogP contribution in [-0.4, -0.2) is 0 Å². The minimum Gasteiger partial charge on any atom is -0.0648 e. The van der Waals surface area contributed by atoms with Crippen molar-refractivity contribution < 1.29 is 0 Å². The second-order valence-corrected chi connectivity index (χ2v) is 1.21. The Bertz CT molecular complexity index is 12.0. The van der Waals surface area contributed by atoms with E-state index in [0.717, 1.165) is 19.3 Å². The number of unbranched alkanes of at least 4 members (excludes halogenated alkanes) is 3. The fraction of sp³-hybridized carbons (Fsp3) is 0.667. The third-order valence-corrected chi connectivity index (χ3v) is 0.604. The maximum atomic E-state index is 3.66. The molecule has 0 saturated heterocycles. The average Bonchev–Trinajstić information content (AvgIpc) is 1.61. The van der Waals surface area contributed by atoms with Gasteiger partial charge in [0.1, 0.15) is 0 Å². The molecule has 0 heterocycles. The van der Waals surface area contributed by atoms with Gasteiger partial charge in [-0.3, -0.25) is 0 Å². The van der Waals surface area contributed by atoms with Gasteiger partial charge in [0.05, 0.1) is 0 Å². The van der Waals surface area contributed by atoms with Gasteiger partial charge in [-0.1, -0.05) is 20.3 Å². The quantitative estimate of drug-likeness (QED) is 0.458. The first-order valence-corrected chi connectivity index (χ1v) is 2.41. The molecule has 0 aromatic carbocycles. The molecule has 0 aliphatic rings. The lowest BCUT2D eigenvalue weighted by molar-refractivity contribution is 0.900. The fourth-order valence-electron chi connectivity index (χ4n) is 0.302. The Morgan fingerprint density at radius 2 is 2.33 bits per heavy atom. The van der Waals surface area contributed by atoms with E-state index in [-0.39, 0.29) is 0 Å². The summed E-state index contributed by atoms with van der Waals surface area (Å²) in [6, 6.07) is 0. The molecule has 0 nitrogen and oxygen atoms in total. The van der Waals surface area contributed by atoms with Crippen LogP contribution in [0.1, 0.15) is 26.2 Å². The second-order valence-electron chi connectivity index (χ2n) is 1.21. The minimum atomic E-state index is 0.994. The van der Waals surface area contributed by atoms with E-state index in [1.165, 1.54) is 0 Å². The number of rotatable bonds is 3. The van der Waals surface area contributed by atoms with Gasteiger partial charge in [0.15, 0.2) is 0 Å². The first kappa shape index (κ1) is 6.00. The van der Waals surface area contributed by atoms with Gasteiger partial charge in [0.2, 0.25) is 0 Å². The summed E-state index contributed by atoms with van der Waals surface area (Å²) in [4.78, 5) is 0. The van der Waals surface area contributed by atoms with Crippen LogP contribution < -0.4 is 0 Å². The Labute approximate surface area is 40.6 Å². The monoisotopic (exact) mass is 83.1 g/mol. The summed E-state index contributed by atoms with van der Waals surface area (Å²) in [7, 11) is 0. The summed E-state index contributed by atoms with van der Waals surface area (Å²) in [5, 5.41) is 0. The summed E-state index contributed by atoms with van der Waals surface area (Å²) < 4.78 is 0. The van der Waals surface area contributed by atoms with Crippen molar-refractivity contribution in [2.24, 2.45) is 0 Å². The van der Waals surface area contributed by atoms with Gasteiger partial charge in [-0.15, -0.1) is 0 Å². The van der Waals surface area contributed by atoms with Gasteiger partial charge in [0.25, 0.3) is 0 Å². The van der Waals surface area contributed by atoms with Crippen molar-refractivity contribution in [2.75, 3.05) is 0 Å². The third kappa shape index (κ3) is 4.00. The number of hydrogen-bond donors (Lipinski definition) is 0. The highest BCUT2D eigenvalue weighted by Gasteiger charge is 1.76. The van der Waals surface area contributed by atoms with Crippen LogP contribution in [0.25, 0.3) is 0 Å². The molecule has 0 bridgehead atoms. The summed E-state index contributed by atoms with van der Waals surface area (Å²) in [5.41, 5.74) is 0. The Kier molecular flexibility index (Phi) is 5.00. The lowest BCUT2D eigenvalue weighted by Crippen LogP contribution is -1.68. The van der Waals surface area contributed by atoms with E-state index in [1.807, 2.05) is 0 Å². The Morgan fingerprint density at radius 1 is 1.67 bits per heavy atom. The van der Waals surface area contributed by atoms with Gasteiger partial charge in [-0.2, -0.15) is 0 Å². The van der Waals surface area contributed by atoms with Crippen molar-refractivity contribution in [3.8, 4) is 0 Å². The van der Waals surface area contributed by atoms with Crippen LogP contribution >= 0.6 is 0 Å². The van der Waals surface area contributed by atoms with Crippen LogP contribution in [0.4, 0.5) is 0 Å². The summed E-state index contributed by atoms with van der Waals surface area (Å²) in [6.45, 7) is 5.75. The predicted octanol–water partition coefficient (Wildman–Crippen LogP) is 2.09. The molecule has 3 radical (unpaired) electrons. The fourth-order valence-corrected chi connectivity index (χ4v) is 0.302. The molecule has 0 spiro atoms. The highest BCUT2D eigenvalue weighted by molar-refractivity contribution is 4.60. The van der Waals surface area contributed by atoms with Gasteiger partial charge in [0, 0.05) is 0 Å². The normalized spacial score (nSPS) is 9.00. The molecule has 0 unspecified atom stereocenters. The zero-order valence-corrected chi connectivity index (χ0v) is 4.33. The third-order valence-electron chi connectivity index (χ3n) is 0.604. The van der Waals surface area contributed by atoms with Crippen molar-refractivity contribution in [3.63, 3.8) is 0 Å². The highest BCUT2D eigenvalue weighted by atomic mass is 13.8. The molecular weight excluding hydrogens is 72.1 g/mol. The molecule has 6 heavy (non-hydrogen) atoms. The van der Waals surface area contributed by atoms with Crippen molar-refractivity contribution in [1.82, 2.24) is 0 Å². The smallest absolute Gasteiger partial charge is 0.0176 e. The summed E-state index contributed by atoms with van der Waals surface area (Å²) in [5.74, 6) is 0. The molecule has 0 fully saturated rings. The SMILES string of the molecule is [CH2]CC[C]CC. The first-order chi connectivity index (χ1) is 2.91. The largest absolute Gasteiger partial charge is 0.0648 e. The number of hydrogen-bond acceptors (Lipinski definition) is 0. The molecule has 0 atom stereocenters. The van der Waals surface area contributed by atoms with Crippen molar-refractivity contribution in [2.45, 2.75) is 26.2 Å². The lowest BCUT2D eigenvalue weighted by Gasteiger charge is -1.84. The zero-order chi connectivity index (χ0) is 4.83. The van der Waals surface area contributed by atoms with E-state index in [4.69, 9.17) is 0 Å². The van der Waals surface area contributed by atoms with Gasteiger partial charge in [-0.25, -0.2) is 0 Å². The first-order valence-electron chi connectivity index (χ1n) is 2.41. The van der Waals surface area contributed by atoms with Crippen LogP contribution in [0.2, 0.25) is 0 Å². The van der Waals surface area contributed by atoms with E-state index < -0.39 is 0 Å². The molecule has 0 heteroatoms. The van der Waals surface area contributed by atoms with E-state index >= 15 is 0 Å². The van der Waals surface area contributed by atoms with Crippen LogP contribution in [0.15, 0.2) is 0 Å². The molecule has 0 aromatic rings.